The van der Waals surface area contributed by atoms with Crippen LogP contribution in [0, 0.1) is 0 Å². The van der Waals surface area contributed by atoms with Crippen LogP contribution in [0.1, 0.15) is 18.0 Å². The van der Waals surface area contributed by atoms with Crippen LogP contribution < -0.4 is 5.73 Å². The van der Waals surface area contributed by atoms with Gasteiger partial charge in [0.1, 0.15) is 5.75 Å². The van der Waals surface area contributed by atoms with Gasteiger partial charge in [-0.15, -0.1) is 12.4 Å². The Bertz CT molecular complexity index is 323. The highest BCUT2D eigenvalue weighted by Gasteiger charge is 2.16. The van der Waals surface area contributed by atoms with Crippen LogP contribution in [0.4, 0.5) is 8.78 Å². The first-order chi connectivity index (χ1) is 6.50. The second-order valence-electron chi connectivity index (χ2n) is 2.94. The molecule has 0 amide bonds. The van der Waals surface area contributed by atoms with Gasteiger partial charge in [0.2, 0.25) is 6.43 Å². The van der Waals surface area contributed by atoms with Gasteiger partial charge in [-0.2, -0.15) is 0 Å². The zero-order chi connectivity index (χ0) is 10.7. The summed E-state index contributed by atoms with van der Waals surface area (Å²) < 4.78 is 24.0. The molecule has 0 radical (unpaired) electrons. The zero-order valence-corrected chi connectivity index (χ0v) is 9.23. The molecule has 6 heteroatoms. The molecule has 86 valence electrons. The van der Waals surface area contributed by atoms with Crippen molar-refractivity contribution < 1.29 is 13.9 Å². The van der Waals surface area contributed by atoms with E-state index in [1.165, 1.54) is 18.2 Å². The fourth-order valence-corrected chi connectivity index (χ4v) is 1.32. The predicted molar refractivity (Wildman–Crippen MR) is 57.9 cm³/mol. The summed E-state index contributed by atoms with van der Waals surface area (Å²) in [4.78, 5) is 0. The second-order valence-corrected chi connectivity index (χ2v) is 3.37. The minimum Gasteiger partial charge on any atom is -0.508 e. The molecule has 0 spiro atoms. The van der Waals surface area contributed by atoms with Crippen LogP contribution in [0.15, 0.2) is 18.2 Å². The van der Waals surface area contributed by atoms with E-state index in [0.717, 1.165) is 0 Å². The fourth-order valence-electron chi connectivity index (χ4n) is 1.14. The lowest BCUT2D eigenvalue weighted by molar-refractivity contribution is 0.128. The average molecular weight is 258 g/mol. The molecule has 1 atom stereocenters. The summed E-state index contributed by atoms with van der Waals surface area (Å²) in [6, 6.07) is 3.30. The summed E-state index contributed by atoms with van der Waals surface area (Å²) in [6.45, 7) is 0. The summed E-state index contributed by atoms with van der Waals surface area (Å²) in [5, 5.41) is 9.70. The molecular formula is C9H11Cl2F2NO. The molecule has 2 nitrogen and oxygen atoms in total. The van der Waals surface area contributed by atoms with Gasteiger partial charge in [-0.1, -0.05) is 11.6 Å². The number of halogens is 4. The second kappa shape index (κ2) is 6.10. The van der Waals surface area contributed by atoms with Crippen molar-refractivity contribution in [3.8, 4) is 5.75 Å². The molecule has 0 aliphatic heterocycles. The average Bonchev–Trinajstić information content (AvgIpc) is 2.08. The van der Waals surface area contributed by atoms with E-state index < -0.39 is 18.9 Å². The molecule has 1 rings (SSSR count). The summed E-state index contributed by atoms with van der Waals surface area (Å²) >= 11 is 5.64. The highest BCUT2D eigenvalue weighted by atomic mass is 35.5. The molecule has 3 N–H and O–H groups in total. The van der Waals surface area contributed by atoms with E-state index >= 15 is 0 Å². The van der Waals surface area contributed by atoms with Gasteiger partial charge in [0.05, 0.1) is 0 Å². The van der Waals surface area contributed by atoms with E-state index in [2.05, 4.69) is 0 Å². The molecule has 0 fully saturated rings. The Hall–Kier alpha value is -0.580. The molecule has 1 aromatic carbocycles. The third kappa shape index (κ3) is 4.20. The Kier molecular flexibility index (Phi) is 5.87. The molecule has 15 heavy (non-hydrogen) atoms. The van der Waals surface area contributed by atoms with Crippen molar-refractivity contribution in [1.29, 1.82) is 0 Å². The van der Waals surface area contributed by atoms with Crippen LogP contribution in [0.5, 0.6) is 5.75 Å². The number of aromatic hydroxyl groups is 1. The Morgan fingerprint density at radius 3 is 2.53 bits per heavy atom. The Balaban J connectivity index is 0.00000196. The van der Waals surface area contributed by atoms with E-state index in [9.17, 15) is 13.9 Å². The van der Waals surface area contributed by atoms with Gasteiger partial charge < -0.3 is 10.8 Å². The molecule has 0 aliphatic carbocycles. The first-order valence-corrected chi connectivity index (χ1v) is 4.40. The summed E-state index contributed by atoms with van der Waals surface area (Å²) in [7, 11) is 0. The maximum atomic E-state index is 12.0. The van der Waals surface area contributed by atoms with Crippen molar-refractivity contribution in [3.63, 3.8) is 0 Å². The molecule has 0 aliphatic rings. The van der Waals surface area contributed by atoms with Gasteiger partial charge in [-0.25, -0.2) is 8.78 Å². The molecule has 0 heterocycles. The highest BCUT2D eigenvalue weighted by Crippen LogP contribution is 2.28. The lowest BCUT2D eigenvalue weighted by atomic mass is 10.0. The number of phenols is 1. The molecule has 1 aromatic rings. The molecule has 0 aromatic heterocycles. The summed E-state index contributed by atoms with van der Waals surface area (Å²) in [5.41, 5.74) is 5.71. The van der Waals surface area contributed by atoms with Gasteiger partial charge >= 0.3 is 0 Å². The summed E-state index contributed by atoms with van der Waals surface area (Å²) in [5.74, 6) is -0.109. The van der Waals surface area contributed by atoms with E-state index in [0.29, 0.717) is 5.02 Å². The fraction of sp³-hybridized carbons (Fsp3) is 0.333. The van der Waals surface area contributed by atoms with Crippen LogP contribution in [0.25, 0.3) is 0 Å². The van der Waals surface area contributed by atoms with Crippen molar-refractivity contribution >= 4 is 24.0 Å². The van der Waals surface area contributed by atoms with Crippen LogP contribution in [0.2, 0.25) is 5.02 Å². The van der Waals surface area contributed by atoms with Crippen molar-refractivity contribution in [1.82, 2.24) is 0 Å². The SMILES string of the molecule is Cl.N[C@@H](CC(F)F)c1cc(Cl)ccc1O. The zero-order valence-electron chi connectivity index (χ0n) is 7.66. The lowest BCUT2D eigenvalue weighted by Crippen LogP contribution is -2.14. The highest BCUT2D eigenvalue weighted by molar-refractivity contribution is 6.30. The first-order valence-electron chi connectivity index (χ1n) is 4.03. The van der Waals surface area contributed by atoms with E-state index in [-0.39, 0.29) is 23.7 Å². The molecule has 0 unspecified atom stereocenters. The molecule has 0 saturated carbocycles. The van der Waals surface area contributed by atoms with Crippen LogP contribution in [-0.2, 0) is 0 Å². The maximum absolute atomic E-state index is 12.0. The van der Waals surface area contributed by atoms with Crippen LogP contribution in [-0.4, -0.2) is 11.5 Å². The van der Waals surface area contributed by atoms with Crippen LogP contribution in [0.3, 0.4) is 0 Å². The summed E-state index contributed by atoms with van der Waals surface area (Å²) in [6.07, 6.45) is -2.99. The smallest absolute Gasteiger partial charge is 0.240 e. The minimum atomic E-state index is -2.50. The standard InChI is InChI=1S/C9H10ClF2NO.ClH/c10-5-1-2-8(14)6(3-5)7(13)4-9(11)12;/h1-3,7,9,14H,4,13H2;1H/t7-;/m0./s1. The largest absolute Gasteiger partial charge is 0.508 e. The number of hydrogen-bond acceptors (Lipinski definition) is 2. The number of phenolic OH excluding ortho intramolecular Hbond substituents is 1. The third-order valence-corrected chi connectivity index (χ3v) is 2.06. The number of hydrogen-bond donors (Lipinski definition) is 2. The normalized spacial score (nSPS) is 12.3. The Morgan fingerprint density at radius 1 is 1.40 bits per heavy atom. The Labute approximate surface area is 97.4 Å². The van der Waals surface area contributed by atoms with Crippen molar-refractivity contribution in [2.24, 2.45) is 5.73 Å². The van der Waals surface area contributed by atoms with Crippen molar-refractivity contribution in [3.05, 3.63) is 28.8 Å². The van der Waals surface area contributed by atoms with E-state index in [4.69, 9.17) is 17.3 Å². The number of alkyl halides is 2. The van der Waals surface area contributed by atoms with Gasteiger partial charge in [0, 0.05) is 23.0 Å². The van der Waals surface area contributed by atoms with Gasteiger partial charge in [-0.3, -0.25) is 0 Å². The quantitative estimate of drug-likeness (QED) is 0.874. The molecule has 0 saturated heterocycles. The third-order valence-electron chi connectivity index (χ3n) is 1.82. The topological polar surface area (TPSA) is 46.2 Å². The first kappa shape index (κ1) is 14.4. The van der Waals surface area contributed by atoms with Crippen molar-refractivity contribution in [2.75, 3.05) is 0 Å². The number of rotatable bonds is 3. The lowest BCUT2D eigenvalue weighted by Gasteiger charge is -2.13. The van der Waals surface area contributed by atoms with Gasteiger partial charge in [-0.05, 0) is 18.2 Å². The molecule has 0 bridgehead atoms. The van der Waals surface area contributed by atoms with E-state index in [1.54, 1.807) is 0 Å². The predicted octanol–water partition coefficient (Wildman–Crippen LogP) is 3.12. The number of benzene rings is 1. The minimum absolute atomic E-state index is 0. The van der Waals surface area contributed by atoms with Crippen LogP contribution >= 0.6 is 24.0 Å². The monoisotopic (exact) mass is 257 g/mol. The number of nitrogens with two attached hydrogens (primary N) is 1. The maximum Gasteiger partial charge on any atom is 0.240 e. The van der Waals surface area contributed by atoms with Crippen molar-refractivity contribution in [2.45, 2.75) is 18.9 Å². The van der Waals surface area contributed by atoms with Gasteiger partial charge in [0.25, 0.3) is 0 Å². The van der Waals surface area contributed by atoms with Gasteiger partial charge in [0.15, 0.2) is 0 Å². The Morgan fingerprint density at radius 2 is 2.00 bits per heavy atom. The van der Waals surface area contributed by atoms with E-state index in [1.807, 2.05) is 0 Å². The molecular weight excluding hydrogens is 247 g/mol.